The van der Waals surface area contributed by atoms with Crippen LogP contribution < -0.4 is 10.6 Å². The van der Waals surface area contributed by atoms with E-state index in [0.29, 0.717) is 0 Å². The number of rotatable bonds is 6. The number of para-hydroxylation sites is 2. The molecule has 2 N–H and O–H groups in total. The molecule has 9 aromatic rings. The minimum absolute atomic E-state index is 0.0573. The Labute approximate surface area is 324 Å². The third-order valence-electron chi connectivity index (χ3n) is 11.0. The maximum atomic E-state index is 5.34. The standard InChI is InChI=1S/C50H36N6/c1-3-15-33(16-4-1)39-21-11-23-41(51-39)43-25-13-29-49(53-43)55-45-27-9-7-19-35(45)37-32-48-38(31-47(37)55)36-20-8-10-28-46(36)56(48)50-30-14-26-44(54-50)42-24-12-22-40(52-42)34-17-5-2-6-18-34/h1-32,41,44,51,54H. The van der Waals surface area contributed by atoms with Crippen molar-refractivity contribution in [1.29, 1.82) is 0 Å². The van der Waals surface area contributed by atoms with E-state index in [0.717, 1.165) is 67.6 Å². The zero-order valence-electron chi connectivity index (χ0n) is 30.4. The Balaban J connectivity index is 1.02. The number of allylic oxidation sites excluding steroid dienone is 4. The van der Waals surface area contributed by atoms with Crippen molar-refractivity contribution >= 4 is 55.1 Å². The molecule has 266 valence electrons. The first-order chi connectivity index (χ1) is 27.8. The molecule has 56 heavy (non-hydrogen) atoms. The predicted octanol–water partition coefficient (Wildman–Crippen LogP) is 11.3. The van der Waals surface area contributed by atoms with Crippen molar-refractivity contribution in [1.82, 2.24) is 29.7 Å². The van der Waals surface area contributed by atoms with Gasteiger partial charge in [0, 0.05) is 32.8 Å². The van der Waals surface area contributed by atoms with Crippen molar-refractivity contribution < 1.29 is 0 Å². The smallest absolute Gasteiger partial charge is 0.137 e. The fourth-order valence-electron chi connectivity index (χ4n) is 8.39. The molecule has 0 spiro atoms. The molecule has 11 rings (SSSR count). The third-order valence-corrected chi connectivity index (χ3v) is 11.0. The van der Waals surface area contributed by atoms with E-state index >= 15 is 0 Å². The second kappa shape index (κ2) is 13.1. The van der Waals surface area contributed by atoms with Crippen molar-refractivity contribution in [2.45, 2.75) is 12.1 Å². The second-order valence-corrected chi connectivity index (χ2v) is 14.3. The fraction of sp³-hybridized carbons (Fsp3) is 0.0400. The summed E-state index contributed by atoms with van der Waals surface area (Å²) >= 11 is 0. The van der Waals surface area contributed by atoms with E-state index in [1.54, 1.807) is 0 Å². The van der Waals surface area contributed by atoms with E-state index in [-0.39, 0.29) is 12.1 Å². The number of nitrogens with zero attached hydrogens (tertiary/aromatic N) is 4. The van der Waals surface area contributed by atoms with Crippen molar-refractivity contribution in [2.24, 2.45) is 0 Å². The Morgan fingerprint density at radius 1 is 0.429 bits per heavy atom. The van der Waals surface area contributed by atoms with Crippen LogP contribution in [0.4, 0.5) is 0 Å². The van der Waals surface area contributed by atoms with Crippen LogP contribution in [-0.4, -0.2) is 19.1 Å². The number of fused-ring (bicyclic) bond motifs is 6. The molecular formula is C50H36N6. The molecule has 2 aliphatic heterocycles. The lowest BCUT2D eigenvalue weighted by atomic mass is 10.0. The summed E-state index contributed by atoms with van der Waals surface area (Å²) in [7, 11) is 0. The highest BCUT2D eigenvalue weighted by Gasteiger charge is 2.23. The number of dihydropyridines is 2. The quantitative estimate of drug-likeness (QED) is 0.180. The summed E-state index contributed by atoms with van der Waals surface area (Å²) in [5.41, 5.74) is 10.8. The van der Waals surface area contributed by atoms with Crippen molar-refractivity contribution in [3.8, 4) is 17.1 Å². The van der Waals surface area contributed by atoms with Gasteiger partial charge in [-0.05, 0) is 66.2 Å². The SMILES string of the molecule is C1=CC(c2cccc(-n3c4ccccc4c4cc5c(cc43)c3ccccc3n5C3=CC=CC(c4cccc(-c5ccccc5)n4)N3)n2)NC(c2ccccc2)=C1. The molecule has 0 saturated carbocycles. The summed E-state index contributed by atoms with van der Waals surface area (Å²) in [5.74, 6) is 1.89. The molecule has 2 atom stereocenters. The predicted molar refractivity (Wildman–Crippen MR) is 230 cm³/mol. The molecule has 6 heterocycles. The van der Waals surface area contributed by atoms with Crippen molar-refractivity contribution in [2.75, 3.05) is 0 Å². The van der Waals surface area contributed by atoms with Gasteiger partial charge in [-0.1, -0.05) is 133 Å². The summed E-state index contributed by atoms with van der Waals surface area (Å²) in [4.78, 5) is 10.4. The van der Waals surface area contributed by atoms with Gasteiger partial charge >= 0.3 is 0 Å². The van der Waals surface area contributed by atoms with Crippen LogP contribution in [-0.2, 0) is 0 Å². The van der Waals surface area contributed by atoms with Gasteiger partial charge in [-0.15, -0.1) is 0 Å². The summed E-state index contributed by atoms with van der Waals surface area (Å²) in [6.45, 7) is 0. The van der Waals surface area contributed by atoms with Crippen LogP contribution in [0.1, 0.15) is 29.0 Å². The second-order valence-electron chi connectivity index (χ2n) is 14.3. The van der Waals surface area contributed by atoms with Crippen LogP contribution in [0.5, 0.6) is 0 Å². The summed E-state index contributed by atoms with van der Waals surface area (Å²) in [6, 6.07) is 55.4. The molecule has 0 amide bonds. The number of hydrogen-bond acceptors (Lipinski definition) is 4. The third kappa shape index (κ3) is 5.34. The molecule has 6 heteroatoms. The highest BCUT2D eigenvalue weighted by molar-refractivity contribution is 6.19. The first-order valence-electron chi connectivity index (χ1n) is 19.1. The van der Waals surface area contributed by atoms with E-state index in [4.69, 9.17) is 9.97 Å². The molecule has 2 aliphatic rings. The summed E-state index contributed by atoms with van der Waals surface area (Å²) in [5, 5.41) is 12.3. The topological polar surface area (TPSA) is 59.7 Å². The van der Waals surface area contributed by atoms with Crippen LogP contribution >= 0.6 is 0 Å². The summed E-state index contributed by atoms with van der Waals surface area (Å²) in [6.07, 6.45) is 12.9. The van der Waals surface area contributed by atoms with Crippen LogP contribution in [0.2, 0.25) is 0 Å². The van der Waals surface area contributed by atoms with E-state index in [1.165, 1.54) is 21.5 Å². The normalized spacial score (nSPS) is 16.6. The van der Waals surface area contributed by atoms with Crippen LogP contribution in [0, 0.1) is 0 Å². The van der Waals surface area contributed by atoms with Crippen molar-refractivity contribution in [3.63, 3.8) is 0 Å². The van der Waals surface area contributed by atoms with Gasteiger partial charge in [0.25, 0.3) is 0 Å². The van der Waals surface area contributed by atoms with Gasteiger partial charge in [0.2, 0.25) is 0 Å². The highest BCUT2D eigenvalue weighted by atomic mass is 15.2. The molecule has 2 unspecified atom stereocenters. The Bertz CT molecular complexity index is 3090. The molecular weight excluding hydrogens is 685 g/mol. The Morgan fingerprint density at radius 3 is 1.73 bits per heavy atom. The highest BCUT2D eigenvalue weighted by Crippen LogP contribution is 2.40. The van der Waals surface area contributed by atoms with E-state index < -0.39 is 0 Å². The zero-order valence-corrected chi connectivity index (χ0v) is 30.4. The lowest BCUT2D eigenvalue weighted by Gasteiger charge is -2.24. The van der Waals surface area contributed by atoms with Gasteiger partial charge < -0.3 is 10.6 Å². The van der Waals surface area contributed by atoms with Gasteiger partial charge in [0.1, 0.15) is 11.6 Å². The van der Waals surface area contributed by atoms with Gasteiger partial charge in [0.15, 0.2) is 0 Å². The Hall–Kier alpha value is -7.44. The van der Waals surface area contributed by atoms with Gasteiger partial charge in [-0.2, -0.15) is 0 Å². The van der Waals surface area contributed by atoms with E-state index in [1.807, 2.05) is 12.1 Å². The summed E-state index contributed by atoms with van der Waals surface area (Å²) < 4.78 is 4.69. The monoisotopic (exact) mass is 720 g/mol. The first kappa shape index (κ1) is 32.0. The lowest BCUT2D eigenvalue weighted by molar-refractivity contribution is 0.714. The Morgan fingerprint density at radius 2 is 1.00 bits per heavy atom. The molecule has 0 aliphatic carbocycles. The number of pyridine rings is 2. The molecule has 5 aromatic carbocycles. The van der Waals surface area contributed by atoms with E-state index in [2.05, 4.69) is 202 Å². The number of hydrogen-bond donors (Lipinski definition) is 2. The molecule has 4 aromatic heterocycles. The average molecular weight is 721 g/mol. The molecule has 6 nitrogen and oxygen atoms in total. The maximum absolute atomic E-state index is 5.34. The van der Waals surface area contributed by atoms with Crippen LogP contribution in [0.15, 0.2) is 194 Å². The fourth-order valence-corrected chi connectivity index (χ4v) is 8.39. The first-order valence-corrected chi connectivity index (χ1v) is 19.1. The van der Waals surface area contributed by atoms with Crippen LogP contribution in [0.3, 0.4) is 0 Å². The molecule has 0 saturated heterocycles. The maximum Gasteiger partial charge on any atom is 0.137 e. The van der Waals surface area contributed by atoms with Crippen LogP contribution in [0.25, 0.3) is 72.2 Å². The van der Waals surface area contributed by atoms with Crippen molar-refractivity contribution in [3.05, 3.63) is 211 Å². The van der Waals surface area contributed by atoms with Gasteiger partial charge in [-0.25, -0.2) is 4.98 Å². The average Bonchev–Trinajstić information content (AvgIpc) is 3.78. The zero-order chi connectivity index (χ0) is 37.0. The Kier molecular flexibility index (Phi) is 7.52. The van der Waals surface area contributed by atoms with E-state index in [9.17, 15) is 0 Å². The van der Waals surface area contributed by atoms with Gasteiger partial charge in [-0.3, -0.25) is 14.1 Å². The minimum Gasteiger partial charge on any atom is -0.373 e. The largest absolute Gasteiger partial charge is 0.373 e. The lowest BCUT2D eigenvalue weighted by Crippen LogP contribution is -2.24. The number of aromatic nitrogens is 4. The molecule has 0 fully saturated rings. The number of nitrogens with one attached hydrogen (secondary N) is 2. The molecule has 0 bridgehead atoms. The minimum atomic E-state index is -0.0911. The van der Waals surface area contributed by atoms with Gasteiger partial charge in [0.05, 0.1) is 51.2 Å². The molecule has 0 radical (unpaired) electrons. The number of benzene rings is 5.